The summed E-state index contributed by atoms with van der Waals surface area (Å²) >= 11 is 0. The van der Waals surface area contributed by atoms with Crippen LogP contribution in [0.2, 0.25) is 0 Å². The molecule has 0 saturated heterocycles. The molecule has 0 unspecified atom stereocenters. The molecule has 0 aliphatic carbocycles. The van der Waals surface area contributed by atoms with Gasteiger partial charge in [-0.25, -0.2) is 9.59 Å². The first-order chi connectivity index (χ1) is 12.1. The number of hydrogen-bond donors (Lipinski definition) is 1. The van der Waals surface area contributed by atoms with Crippen molar-refractivity contribution in [2.24, 2.45) is 0 Å². The summed E-state index contributed by atoms with van der Waals surface area (Å²) in [6.45, 7) is 0.870. The zero-order chi connectivity index (χ0) is 18.1. The summed E-state index contributed by atoms with van der Waals surface area (Å²) in [6.07, 6.45) is 1.62. The molecule has 0 aliphatic heterocycles. The van der Waals surface area contributed by atoms with Crippen LogP contribution in [-0.2, 0) is 20.9 Å². The lowest BCUT2D eigenvalue weighted by Gasteiger charge is -2.09. The number of ether oxygens (including phenoxy) is 2. The van der Waals surface area contributed by atoms with E-state index in [1.54, 1.807) is 24.3 Å². The first kappa shape index (κ1) is 18.4. The predicted octanol–water partition coefficient (Wildman–Crippen LogP) is 3.55. The fourth-order valence-electron chi connectivity index (χ4n) is 2.33. The van der Waals surface area contributed by atoms with Crippen LogP contribution in [0.3, 0.4) is 0 Å². The first-order valence-electron chi connectivity index (χ1n) is 7.84. The number of benzene rings is 2. The number of methoxy groups -OCH3 is 1. The number of carbonyl (C=O) groups excluding carboxylic acids is 1. The minimum Gasteiger partial charge on any atom is -0.478 e. The molecule has 2 rings (SSSR count). The van der Waals surface area contributed by atoms with E-state index in [1.807, 2.05) is 30.3 Å². The standard InChI is InChI=1S/C20H20O5/c1-24-20(23)17-9-7-16(8-10-17)18(13-19(21)22)11-12-25-14-15-5-3-2-4-6-15/h2-10,13H,11-12,14H2,1H3,(H,21,22)/b18-13+. The average molecular weight is 340 g/mol. The van der Waals surface area contributed by atoms with Crippen LogP contribution in [0.5, 0.6) is 0 Å². The van der Waals surface area contributed by atoms with Gasteiger partial charge in [0.05, 0.1) is 25.9 Å². The molecule has 5 heteroatoms. The van der Waals surface area contributed by atoms with Gasteiger partial charge in [-0.3, -0.25) is 0 Å². The van der Waals surface area contributed by atoms with Crippen molar-refractivity contribution in [3.8, 4) is 0 Å². The van der Waals surface area contributed by atoms with Crippen molar-refractivity contribution in [1.82, 2.24) is 0 Å². The Bertz CT molecular complexity index is 732. The van der Waals surface area contributed by atoms with E-state index >= 15 is 0 Å². The Hall–Kier alpha value is -2.92. The molecular formula is C20H20O5. The van der Waals surface area contributed by atoms with Crippen LogP contribution in [0.25, 0.3) is 5.57 Å². The summed E-state index contributed by atoms with van der Waals surface area (Å²) in [5, 5.41) is 9.07. The molecule has 130 valence electrons. The van der Waals surface area contributed by atoms with E-state index in [-0.39, 0.29) is 0 Å². The van der Waals surface area contributed by atoms with Gasteiger partial charge in [0.2, 0.25) is 0 Å². The number of aliphatic carboxylic acids is 1. The average Bonchev–Trinajstić information content (AvgIpc) is 2.64. The third-order valence-electron chi connectivity index (χ3n) is 3.60. The van der Waals surface area contributed by atoms with Crippen LogP contribution >= 0.6 is 0 Å². The van der Waals surface area contributed by atoms with E-state index in [9.17, 15) is 9.59 Å². The van der Waals surface area contributed by atoms with Crippen molar-refractivity contribution in [2.45, 2.75) is 13.0 Å². The van der Waals surface area contributed by atoms with Gasteiger partial charge in [-0.1, -0.05) is 42.5 Å². The molecule has 0 saturated carbocycles. The maximum absolute atomic E-state index is 11.5. The van der Waals surface area contributed by atoms with E-state index < -0.39 is 11.9 Å². The fourth-order valence-corrected chi connectivity index (χ4v) is 2.33. The van der Waals surface area contributed by atoms with Crippen LogP contribution in [0.15, 0.2) is 60.7 Å². The van der Waals surface area contributed by atoms with E-state index in [0.717, 1.165) is 11.1 Å². The molecule has 2 aromatic rings. The Morgan fingerprint density at radius 2 is 1.64 bits per heavy atom. The third-order valence-corrected chi connectivity index (χ3v) is 3.60. The Balaban J connectivity index is 1.99. The van der Waals surface area contributed by atoms with Crippen molar-refractivity contribution < 1.29 is 24.2 Å². The summed E-state index contributed by atoms with van der Waals surface area (Å²) in [5.74, 6) is -1.45. The second-order valence-corrected chi connectivity index (χ2v) is 5.36. The van der Waals surface area contributed by atoms with Crippen LogP contribution in [-0.4, -0.2) is 30.8 Å². The number of esters is 1. The van der Waals surface area contributed by atoms with Crippen molar-refractivity contribution in [3.63, 3.8) is 0 Å². The molecule has 0 aliphatic rings. The third kappa shape index (κ3) is 5.90. The number of hydrogen-bond acceptors (Lipinski definition) is 4. The van der Waals surface area contributed by atoms with Crippen molar-refractivity contribution >= 4 is 17.5 Å². The van der Waals surface area contributed by atoms with E-state index in [2.05, 4.69) is 4.74 Å². The minimum atomic E-state index is -1.02. The highest BCUT2D eigenvalue weighted by Gasteiger charge is 2.08. The van der Waals surface area contributed by atoms with Crippen molar-refractivity contribution in [2.75, 3.05) is 13.7 Å². The Morgan fingerprint density at radius 1 is 1.00 bits per heavy atom. The number of rotatable bonds is 8. The summed E-state index contributed by atoms with van der Waals surface area (Å²) in [4.78, 5) is 22.5. The number of carbonyl (C=O) groups is 2. The molecule has 0 atom stereocenters. The molecule has 0 bridgehead atoms. The molecular weight excluding hydrogens is 320 g/mol. The molecule has 0 fully saturated rings. The van der Waals surface area contributed by atoms with Gasteiger partial charge >= 0.3 is 11.9 Å². The van der Waals surface area contributed by atoms with E-state index in [1.165, 1.54) is 13.2 Å². The second kappa shape index (κ2) is 9.39. The molecule has 25 heavy (non-hydrogen) atoms. The zero-order valence-corrected chi connectivity index (χ0v) is 14.0. The topological polar surface area (TPSA) is 72.8 Å². The Labute approximate surface area is 146 Å². The van der Waals surface area contributed by atoms with E-state index in [0.29, 0.717) is 30.8 Å². The summed E-state index contributed by atoms with van der Waals surface area (Å²) in [7, 11) is 1.32. The molecule has 0 heterocycles. The fraction of sp³-hybridized carbons (Fsp3) is 0.200. The normalized spacial score (nSPS) is 11.2. The SMILES string of the molecule is COC(=O)c1ccc(/C(=C/C(=O)O)CCOCc2ccccc2)cc1. The van der Waals surface area contributed by atoms with Gasteiger partial charge in [0.1, 0.15) is 0 Å². The lowest BCUT2D eigenvalue weighted by Crippen LogP contribution is -2.02. The highest BCUT2D eigenvalue weighted by atomic mass is 16.5. The monoisotopic (exact) mass is 340 g/mol. The maximum Gasteiger partial charge on any atom is 0.337 e. The highest BCUT2D eigenvalue weighted by molar-refractivity contribution is 5.92. The molecule has 5 nitrogen and oxygen atoms in total. The molecule has 0 spiro atoms. The summed E-state index contributed by atoms with van der Waals surface area (Å²) in [6, 6.07) is 16.4. The Kier molecular flexibility index (Phi) is 6.92. The first-order valence-corrected chi connectivity index (χ1v) is 7.84. The van der Waals surface area contributed by atoms with Gasteiger partial charge in [-0.2, -0.15) is 0 Å². The van der Waals surface area contributed by atoms with Crippen LogP contribution in [0.4, 0.5) is 0 Å². The Morgan fingerprint density at radius 3 is 2.24 bits per heavy atom. The largest absolute Gasteiger partial charge is 0.478 e. The predicted molar refractivity (Wildman–Crippen MR) is 94.1 cm³/mol. The molecule has 0 aromatic heterocycles. The van der Waals surface area contributed by atoms with Gasteiger partial charge in [-0.05, 0) is 35.3 Å². The number of carboxylic acids is 1. The molecule has 1 N–H and O–H groups in total. The second-order valence-electron chi connectivity index (χ2n) is 5.36. The maximum atomic E-state index is 11.5. The highest BCUT2D eigenvalue weighted by Crippen LogP contribution is 2.20. The lowest BCUT2D eigenvalue weighted by atomic mass is 10.0. The van der Waals surface area contributed by atoms with Crippen LogP contribution < -0.4 is 0 Å². The number of carboxylic acid groups (broad SMARTS) is 1. The summed E-state index contributed by atoms with van der Waals surface area (Å²) < 4.78 is 10.3. The van der Waals surface area contributed by atoms with Crippen LogP contribution in [0, 0.1) is 0 Å². The van der Waals surface area contributed by atoms with Crippen LogP contribution in [0.1, 0.15) is 27.9 Å². The van der Waals surface area contributed by atoms with Crippen molar-refractivity contribution in [1.29, 1.82) is 0 Å². The summed E-state index contributed by atoms with van der Waals surface area (Å²) in [5.41, 5.74) is 2.85. The van der Waals surface area contributed by atoms with Gasteiger partial charge in [0.15, 0.2) is 0 Å². The molecule has 0 radical (unpaired) electrons. The smallest absolute Gasteiger partial charge is 0.337 e. The molecule has 2 aromatic carbocycles. The van der Waals surface area contributed by atoms with Crippen molar-refractivity contribution in [3.05, 3.63) is 77.4 Å². The molecule has 0 amide bonds. The van der Waals surface area contributed by atoms with Gasteiger partial charge in [0, 0.05) is 6.08 Å². The zero-order valence-electron chi connectivity index (χ0n) is 14.0. The quantitative estimate of drug-likeness (QED) is 0.452. The van der Waals surface area contributed by atoms with Gasteiger partial charge < -0.3 is 14.6 Å². The van der Waals surface area contributed by atoms with E-state index in [4.69, 9.17) is 9.84 Å². The van der Waals surface area contributed by atoms with Gasteiger partial charge in [0.25, 0.3) is 0 Å². The lowest BCUT2D eigenvalue weighted by molar-refractivity contribution is -0.131. The minimum absolute atomic E-state index is 0.396. The van der Waals surface area contributed by atoms with Gasteiger partial charge in [-0.15, -0.1) is 0 Å².